The van der Waals surface area contributed by atoms with Crippen molar-refractivity contribution < 1.29 is 17.2 Å². The molecule has 1 aliphatic rings. The Hall–Kier alpha value is -2.85. The van der Waals surface area contributed by atoms with E-state index in [-0.39, 0.29) is 18.0 Å². The molecule has 4 rings (SSSR count). The summed E-state index contributed by atoms with van der Waals surface area (Å²) in [5.74, 6) is -0.200. The van der Waals surface area contributed by atoms with Crippen molar-refractivity contribution >= 4 is 15.8 Å². The third-order valence-electron chi connectivity index (χ3n) is 4.77. The second-order valence-corrected chi connectivity index (χ2v) is 8.63. The number of halogens is 2. The van der Waals surface area contributed by atoms with Gasteiger partial charge < -0.3 is 9.47 Å². The topological polar surface area (TPSA) is 71.3 Å². The predicted octanol–water partition coefficient (Wildman–Crippen LogP) is 2.36. The van der Waals surface area contributed by atoms with Crippen LogP contribution in [0.1, 0.15) is 5.82 Å². The minimum Gasteiger partial charge on any atom is -0.354 e. The molecule has 0 amide bonds. The van der Waals surface area contributed by atoms with Crippen molar-refractivity contribution in [1.82, 2.24) is 18.8 Å². The number of hydrogen-bond acceptors (Lipinski definition) is 5. The van der Waals surface area contributed by atoms with Gasteiger partial charge in [0.05, 0.1) is 4.90 Å². The Morgan fingerprint density at radius 3 is 2.21 bits per heavy atom. The summed E-state index contributed by atoms with van der Waals surface area (Å²) in [6.45, 7) is 3.07. The number of benzene rings is 1. The first-order valence-corrected chi connectivity index (χ1v) is 10.5. The first kappa shape index (κ1) is 19.5. The molecule has 0 radical (unpaired) electrons. The normalized spacial score (nSPS) is 15.6. The van der Waals surface area contributed by atoms with Gasteiger partial charge in [0.1, 0.15) is 17.5 Å². The third-order valence-corrected chi connectivity index (χ3v) is 6.67. The van der Waals surface area contributed by atoms with Crippen molar-refractivity contribution in [2.45, 2.75) is 11.8 Å². The summed E-state index contributed by atoms with van der Waals surface area (Å²) < 4.78 is 55.2. The molecule has 152 valence electrons. The van der Waals surface area contributed by atoms with Gasteiger partial charge in [-0.25, -0.2) is 27.2 Å². The fraction of sp³-hybridized carbons (Fsp3) is 0.263. The van der Waals surface area contributed by atoms with Crippen LogP contribution in [0.2, 0.25) is 0 Å². The molecule has 29 heavy (non-hydrogen) atoms. The summed E-state index contributed by atoms with van der Waals surface area (Å²) in [6.07, 6.45) is 3.77. The molecule has 0 bridgehead atoms. The highest BCUT2D eigenvalue weighted by Crippen LogP contribution is 2.22. The minimum absolute atomic E-state index is 0.212. The molecule has 1 aromatic carbocycles. The molecule has 0 atom stereocenters. The molecule has 1 aliphatic heterocycles. The molecule has 7 nitrogen and oxygen atoms in total. The van der Waals surface area contributed by atoms with E-state index in [4.69, 9.17) is 0 Å². The number of rotatable bonds is 4. The molecular weight excluding hydrogens is 400 g/mol. The van der Waals surface area contributed by atoms with Gasteiger partial charge in [-0.15, -0.1) is 0 Å². The van der Waals surface area contributed by atoms with Gasteiger partial charge in [0.15, 0.2) is 11.6 Å². The molecule has 2 aromatic heterocycles. The highest BCUT2D eigenvalue weighted by molar-refractivity contribution is 7.89. The zero-order chi connectivity index (χ0) is 20.6. The quantitative estimate of drug-likeness (QED) is 0.649. The van der Waals surface area contributed by atoms with Crippen LogP contribution >= 0.6 is 0 Å². The maximum atomic E-state index is 13.5. The monoisotopic (exact) mass is 419 g/mol. The lowest BCUT2D eigenvalue weighted by molar-refractivity contribution is 0.383. The second kappa shape index (κ2) is 7.53. The smallest absolute Gasteiger partial charge is 0.243 e. The molecule has 0 saturated carbocycles. The van der Waals surface area contributed by atoms with Crippen LogP contribution in [-0.4, -0.2) is 53.4 Å². The van der Waals surface area contributed by atoms with Gasteiger partial charge in [0.25, 0.3) is 0 Å². The van der Waals surface area contributed by atoms with E-state index in [1.807, 2.05) is 40.1 Å². The molecule has 0 unspecified atom stereocenters. The van der Waals surface area contributed by atoms with Crippen LogP contribution in [0.15, 0.2) is 53.7 Å². The largest absolute Gasteiger partial charge is 0.354 e. The Balaban J connectivity index is 1.52. The number of aromatic nitrogens is 3. The number of nitrogens with zero attached hydrogens (tertiary/aromatic N) is 5. The van der Waals surface area contributed by atoms with Gasteiger partial charge in [0.2, 0.25) is 10.0 Å². The lowest BCUT2D eigenvalue weighted by Gasteiger charge is -2.34. The van der Waals surface area contributed by atoms with Crippen molar-refractivity contribution in [3.05, 3.63) is 66.3 Å². The zero-order valence-corrected chi connectivity index (χ0v) is 16.5. The zero-order valence-electron chi connectivity index (χ0n) is 15.7. The van der Waals surface area contributed by atoms with Gasteiger partial charge in [-0.3, -0.25) is 0 Å². The maximum absolute atomic E-state index is 13.5. The summed E-state index contributed by atoms with van der Waals surface area (Å²) in [6, 6.07) is 8.28. The van der Waals surface area contributed by atoms with Crippen LogP contribution < -0.4 is 4.90 Å². The van der Waals surface area contributed by atoms with Gasteiger partial charge >= 0.3 is 0 Å². The maximum Gasteiger partial charge on any atom is 0.243 e. The SMILES string of the molecule is Cc1nc(N2CCN(S(=O)(=O)c3ccc(F)c(F)c3)CC2)cc(-n2cccc2)n1. The van der Waals surface area contributed by atoms with Crippen LogP contribution in [0.5, 0.6) is 0 Å². The second-order valence-electron chi connectivity index (χ2n) is 6.69. The van der Waals surface area contributed by atoms with E-state index in [1.54, 1.807) is 6.92 Å². The van der Waals surface area contributed by atoms with E-state index in [1.165, 1.54) is 4.31 Å². The Bertz CT molecular complexity index is 1130. The fourth-order valence-corrected chi connectivity index (χ4v) is 4.70. The van der Waals surface area contributed by atoms with Crippen molar-refractivity contribution in [3.8, 4) is 5.82 Å². The summed E-state index contributed by atoms with van der Waals surface area (Å²) in [4.78, 5) is 10.6. The first-order valence-electron chi connectivity index (χ1n) is 9.04. The molecule has 3 aromatic rings. The van der Waals surface area contributed by atoms with E-state index in [0.29, 0.717) is 30.8 Å². The summed E-state index contributed by atoms with van der Waals surface area (Å²) in [7, 11) is -3.90. The van der Waals surface area contributed by atoms with Crippen LogP contribution in [-0.2, 0) is 10.0 Å². The van der Waals surface area contributed by atoms with E-state index >= 15 is 0 Å². The molecular formula is C19H19F2N5O2S. The third kappa shape index (κ3) is 3.85. The van der Waals surface area contributed by atoms with Crippen LogP contribution in [0.25, 0.3) is 5.82 Å². The van der Waals surface area contributed by atoms with Crippen molar-refractivity contribution in [3.63, 3.8) is 0 Å². The standard InChI is InChI=1S/C19H19F2N5O2S/c1-14-22-18(24-6-2-3-7-24)13-19(23-14)25-8-10-26(11-9-25)29(27,28)15-4-5-16(20)17(21)12-15/h2-7,12-13H,8-11H2,1H3. The Morgan fingerprint density at radius 1 is 0.897 bits per heavy atom. The lowest BCUT2D eigenvalue weighted by atomic mass is 10.3. The molecule has 0 aliphatic carbocycles. The van der Waals surface area contributed by atoms with E-state index in [0.717, 1.165) is 18.0 Å². The summed E-state index contributed by atoms with van der Waals surface area (Å²) >= 11 is 0. The van der Waals surface area contributed by atoms with E-state index in [9.17, 15) is 17.2 Å². The number of sulfonamides is 1. The average molecular weight is 419 g/mol. The summed E-state index contributed by atoms with van der Waals surface area (Å²) in [5, 5.41) is 0. The summed E-state index contributed by atoms with van der Waals surface area (Å²) in [5.41, 5.74) is 0. The molecule has 0 N–H and O–H groups in total. The fourth-order valence-electron chi connectivity index (χ4n) is 3.26. The highest BCUT2D eigenvalue weighted by atomic mass is 32.2. The highest BCUT2D eigenvalue weighted by Gasteiger charge is 2.29. The van der Waals surface area contributed by atoms with Gasteiger partial charge in [-0.1, -0.05) is 0 Å². The minimum atomic E-state index is -3.90. The first-order chi connectivity index (χ1) is 13.8. The van der Waals surface area contributed by atoms with Crippen LogP contribution in [0, 0.1) is 18.6 Å². The van der Waals surface area contributed by atoms with Crippen LogP contribution in [0.3, 0.4) is 0 Å². The molecule has 1 fully saturated rings. The Labute approximate surface area is 167 Å². The lowest BCUT2D eigenvalue weighted by Crippen LogP contribution is -2.49. The van der Waals surface area contributed by atoms with Gasteiger partial charge in [-0.2, -0.15) is 4.31 Å². The molecule has 3 heterocycles. The number of anilines is 1. The average Bonchev–Trinajstić information content (AvgIpc) is 3.24. The van der Waals surface area contributed by atoms with E-state index < -0.39 is 21.7 Å². The van der Waals surface area contributed by atoms with E-state index in [2.05, 4.69) is 9.97 Å². The van der Waals surface area contributed by atoms with Crippen molar-refractivity contribution in [1.29, 1.82) is 0 Å². The molecule has 10 heteroatoms. The molecule has 1 saturated heterocycles. The number of piperazine rings is 1. The Morgan fingerprint density at radius 2 is 1.55 bits per heavy atom. The Kier molecular flexibility index (Phi) is 5.05. The molecule has 0 spiro atoms. The van der Waals surface area contributed by atoms with Crippen molar-refractivity contribution in [2.75, 3.05) is 31.1 Å². The number of aryl methyl sites for hydroxylation is 1. The van der Waals surface area contributed by atoms with Crippen molar-refractivity contribution in [2.24, 2.45) is 0 Å². The van der Waals surface area contributed by atoms with Crippen LogP contribution in [0.4, 0.5) is 14.6 Å². The number of hydrogen-bond donors (Lipinski definition) is 0. The predicted molar refractivity (Wildman–Crippen MR) is 103 cm³/mol. The van der Waals surface area contributed by atoms with Gasteiger partial charge in [-0.05, 0) is 37.3 Å². The van der Waals surface area contributed by atoms with Gasteiger partial charge in [0, 0.05) is 44.6 Å².